The first-order valence-electron chi connectivity index (χ1n) is 7.19. The van der Waals surface area contributed by atoms with Crippen molar-refractivity contribution >= 4 is 15.9 Å². The highest BCUT2D eigenvalue weighted by Gasteiger charge is 2.16. The molecule has 21 heavy (non-hydrogen) atoms. The van der Waals surface area contributed by atoms with Crippen LogP contribution in [-0.2, 0) is 12.8 Å². The molecule has 2 aromatic carbocycles. The van der Waals surface area contributed by atoms with Crippen molar-refractivity contribution in [3.8, 4) is 5.75 Å². The minimum absolute atomic E-state index is 0.153. The Hall–Kier alpha value is -1.35. The van der Waals surface area contributed by atoms with Crippen molar-refractivity contribution < 1.29 is 9.13 Å². The van der Waals surface area contributed by atoms with Crippen molar-refractivity contribution in [2.45, 2.75) is 31.5 Å². The minimum Gasteiger partial charge on any atom is -0.497 e. The number of halogens is 2. The summed E-state index contributed by atoms with van der Waals surface area (Å²) in [4.78, 5) is -0.153. The summed E-state index contributed by atoms with van der Waals surface area (Å²) in [5.41, 5.74) is 4.39. The van der Waals surface area contributed by atoms with Crippen molar-refractivity contribution in [1.82, 2.24) is 0 Å². The molecule has 0 heterocycles. The van der Waals surface area contributed by atoms with Gasteiger partial charge < -0.3 is 4.74 Å². The molecule has 1 atom stereocenters. The summed E-state index contributed by atoms with van der Waals surface area (Å²) in [5, 5.41) is 0. The van der Waals surface area contributed by atoms with Crippen LogP contribution in [0.4, 0.5) is 4.39 Å². The second-order valence-electron chi connectivity index (χ2n) is 4.99. The summed E-state index contributed by atoms with van der Waals surface area (Å²) in [7, 11) is 1.54. The maximum Gasteiger partial charge on any atom is 0.131 e. The monoisotopic (exact) mass is 350 g/mol. The lowest BCUT2D eigenvalue weighted by atomic mass is 9.96. The molecule has 0 aromatic heterocycles. The van der Waals surface area contributed by atoms with E-state index in [1.165, 1.54) is 24.3 Å². The van der Waals surface area contributed by atoms with Crippen LogP contribution in [0.3, 0.4) is 0 Å². The molecule has 1 unspecified atom stereocenters. The molecular formula is C18H20BrFO. The molecule has 2 aromatic rings. The summed E-state index contributed by atoms with van der Waals surface area (Å²) in [5.74, 6) is 0.278. The van der Waals surface area contributed by atoms with Crippen LogP contribution in [0.5, 0.6) is 5.75 Å². The first-order valence-corrected chi connectivity index (χ1v) is 8.11. The molecule has 0 N–H and O–H groups in total. The van der Waals surface area contributed by atoms with Crippen molar-refractivity contribution in [3.63, 3.8) is 0 Å². The summed E-state index contributed by atoms with van der Waals surface area (Å²) in [6, 6.07) is 11.4. The number of methoxy groups -OCH3 is 1. The fraction of sp³-hybridized carbons (Fsp3) is 0.333. The predicted octanol–water partition coefficient (Wildman–Crippen LogP) is 5.44. The van der Waals surface area contributed by atoms with Gasteiger partial charge in [-0.25, -0.2) is 4.39 Å². The lowest BCUT2D eigenvalue weighted by Gasteiger charge is -2.15. The third-order valence-corrected chi connectivity index (χ3v) is 4.79. The number of benzene rings is 2. The molecule has 0 saturated carbocycles. The van der Waals surface area contributed by atoms with Gasteiger partial charge in [0.2, 0.25) is 0 Å². The summed E-state index contributed by atoms with van der Waals surface area (Å²) in [6.45, 7) is 4.30. The highest BCUT2D eigenvalue weighted by Crippen LogP contribution is 2.34. The predicted molar refractivity (Wildman–Crippen MR) is 88.9 cm³/mol. The Bertz CT molecular complexity index is 625. The van der Waals surface area contributed by atoms with Crippen molar-refractivity contribution in [2.75, 3.05) is 7.11 Å². The topological polar surface area (TPSA) is 9.23 Å². The first-order chi connectivity index (χ1) is 10.1. The van der Waals surface area contributed by atoms with Gasteiger partial charge in [0.1, 0.15) is 11.6 Å². The first kappa shape index (κ1) is 16.0. The maximum atomic E-state index is 14.2. The summed E-state index contributed by atoms with van der Waals surface area (Å²) < 4.78 is 19.2. The summed E-state index contributed by atoms with van der Waals surface area (Å²) >= 11 is 3.62. The fourth-order valence-electron chi connectivity index (χ4n) is 2.50. The molecule has 2 rings (SSSR count). The van der Waals surface area contributed by atoms with Gasteiger partial charge in [0.15, 0.2) is 0 Å². The zero-order valence-corrected chi connectivity index (χ0v) is 14.2. The van der Waals surface area contributed by atoms with Gasteiger partial charge in [-0.1, -0.05) is 54.0 Å². The Labute approximate surface area is 134 Å². The number of hydrogen-bond donors (Lipinski definition) is 0. The van der Waals surface area contributed by atoms with E-state index in [1.807, 2.05) is 0 Å². The third kappa shape index (κ3) is 3.46. The molecular weight excluding hydrogens is 331 g/mol. The number of rotatable bonds is 5. The quantitative estimate of drug-likeness (QED) is 0.652. The van der Waals surface area contributed by atoms with Gasteiger partial charge >= 0.3 is 0 Å². The Kier molecular flexibility index (Phi) is 5.40. The van der Waals surface area contributed by atoms with Crippen molar-refractivity contribution in [2.24, 2.45) is 0 Å². The van der Waals surface area contributed by atoms with Crippen LogP contribution in [0, 0.1) is 5.82 Å². The van der Waals surface area contributed by atoms with Crippen LogP contribution in [0.25, 0.3) is 0 Å². The van der Waals surface area contributed by atoms with Gasteiger partial charge in [-0.05, 0) is 35.6 Å². The molecule has 112 valence electrons. The molecule has 0 aliphatic carbocycles. The van der Waals surface area contributed by atoms with Gasteiger partial charge in [0, 0.05) is 11.6 Å². The van der Waals surface area contributed by atoms with Crippen LogP contribution >= 0.6 is 15.9 Å². The van der Waals surface area contributed by atoms with Crippen LogP contribution < -0.4 is 4.74 Å². The van der Waals surface area contributed by atoms with Gasteiger partial charge in [0.05, 0.1) is 11.9 Å². The van der Waals surface area contributed by atoms with Crippen molar-refractivity contribution in [1.29, 1.82) is 0 Å². The number of aryl methyl sites for hydroxylation is 2. The second kappa shape index (κ2) is 7.08. The van der Waals surface area contributed by atoms with E-state index in [9.17, 15) is 4.39 Å². The minimum atomic E-state index is -0.256. The average Bonchev–Trinajstić information content (AvgIpc) is 2.53. The lowest BCUT2D eigenvalue weighted by Crippen LogP contribution is -2.00. The summed E-state index contributed by atoms with van der Waals surface area (Å²) in [6.07, 6.45) is 2.01. The average molecular weight is 351 g/mol. The molecule has 0 fully saturated rings. The second-order valence-corrected chi connectivity index (χ2v) is 5.90. The molecule has 0 radical (unpaired) electrons. The zero-order chi connectivity index (χ0) is 15.4. The smallest absolute Gasteiger partial charge is 0.131 e. The van der Waals surface area contributed by atoms with E-state index >= 15 is 0 Å². The lowest BCUT2D eigenvalue weighted by molar-refractivity contribution is 0.411. The molecule has 0 aliphatic rings. The molecule has 0 bridgehead atoms. The number of hydrogen-bond acceptors (Lipinski definition) is 1. The normalized spacial score (nSPS) is 12.2. The van der Waals surface area contributed by atoms with Crippen molar-refractivity contribution in [3.05, 3.63) is 64.5 Å². The third-order valence-electron chi connectivity index (χ3n) is 3.77. The van der Waals surface area contributed by atoms with Gasteiger partial charge in [-0.3, -0.25) is 0 Å². The van der Waals surface area contributed by atoms with Gasteiger partial charge in [-0.2, -0.15) is 0 Å². The molecule has 1 nitrogen and oxygen atoms in total. The fourth-order valence-corrected chi connectivity index (χ4v) is 3.15. The Morgan fingerprint density at radius 3 is 2.33 bits per heavy atom. The van der Waals surface area contributed by atoms with E-state index in [4.69, 9.17) is 4.74 Å². The largest absolute Gasteiger partial charge is 0.497 e. The van der Waals surface area contributed by atoms with Crippen LogP contribution in [0.2, 0.25) is 0 Å². The van der Waals surface area contributed by atoms with Crippen LogP contribution in [0.15, 0.2) is 36.4 Å². The van der Waals surface area contributed by atoms with E-state index in [0.717, 1.165) is 18.4 Å². The standard InChI is InChI=1S/C18H20BrFO/c1-4-12-6-7-14(10-13(12)5-2)18(19)16-9-8-15(21-3)11-17(16)20/h6-11,18H,4-5H2,1-3H3. The van der Waals surface area contributed by atoms with E-state index in [2.05, 4.69) is 48.0 Å². The molecule has 0 aliphatic heterocycles. The molecule has 0 spiro atoms. The highest BCUT2D eigenvalue weighted by molar-refractivity contribution is 9.09. The van der Waals surface area contributed by atoms with E-state index in [0.29, 0.717) is 11.3 Å². The van der Waals surface area contributed by atoms with Crippen LogP contribution in [0.1, 0.15) is 40.9 Å². The Balaban J connectivity index is 2.37. The number of alkyl halides is 1. The number of ether oxygens (including phenoxy) is 1. The van der Waals surface area contributed by atoms with Gasteiger partial charge in [0.25, 0.3) is 0 Å². The molecule has 3 heteroatoms. The van der Waals surface area contributed by atoms with Crippen LogP contribution in [-0.4, -0.2) is 7.11 Å². The van der Waals surface area contributed by atoms with Gasteiger partial charge in [-0.15, -0.1) is 0 Å². The SMILES string of the molecule is CCc1ccc(C(Br)c2ccc(OC)cc2F)cc1CC. The molecule has 0 amide bonds. The highest BCUT2D eigenvalue weighted by atomic mass is 79.9. The molecule has 0 saturated heterocycles. The van der Waals surface area contributed by atoms with E-state index < -0.39 is 0 Å². The Morgan fingerprint density at radius 1 is 1.05 bits per heavy atom. The maximum absolute atomic E-state index is 14.2. The zero-order valence-electron chi connectivity index (χ0n) is 12.6. The van der Waals surface area contributed by atoms with E-state index in [1.54, 1.807) is 12.1 Å². The van der Waals surface area contributed by atoms with E-state index in [-0.39, 0.29) is 10.6 Å². The Morgan fingerprint density at radius 2 is 1.76 bits per heavy atom.